The molecule has 0 saturated carbocycles. The van der Waals surface area contributed by atoms with Crippen LogP contribution >= 0.6 is 0 Å². The average molecular weight is 381 g/mol. The second-order valence-electron chi connectivity index (χ2n) is 6.18. The summed E-state index contributed by atoms with van der Waals surface area (Å²) in [6.45, 7) is 2.92. The molecule has 1 atom stereocenters. The van der Waals surface area contributed by atoms with Gasteiger partial charge in [0.1, 0.15) is 6.54 Å². The first-order chi connectivity index (χ1) is 13.4. The van der Waals surface area contributed by atoms with Crippen LogP contribution in [0.15, 0.2) is 63.8 Å². The molecule has 0 spiro atoms. The number of benzene rings is 2. The van der Waals surface area contributed by atoms with Gasteiger partial charge in [0.2, 0.25) is 5.89 Å². The van der Waals surface area contributed by atoms with Crippen molar-refractivity contribution in [3.05, 3.63) is 70.7 Å². The van der Waals surface area contributed by atoms with Crippen LogP contribution in [-0.2, 0) is 20.9 Å². The largest absolute Gasteiger partial charge is 0.451 e. The average Bonchev–Trinajstić information content (AvgIpc) is 3.04. The highest BCUT2D eigenvalue weighted by Gasteiger charge is 2.20. The highest BCUT2D eigenvalue weighted by molar-refractivity contribution is 5.95. The number of carbonyl (C=O) groups is 2. The van der Waals surface area contributed by atoms with Gasteiger partial charge in [-0.1, -0.05) is 35.9 Å². The minimum absolute atomic E-state index is 0.101. The van der Waals surface area contributed by atoms with Crippen LogP contribution < -0.4 is 11.1 Å². The van der Waals surface area contributed by atoms with E-state index in [4.69, 9.17) is 9.15 Å². The number of nitrogens with one attached hydrogen (secondary N) is 1. The molecule has 0 fully saturated rings. The van der Waals surface area contributed by atoms with E-state index >= 15 is 0 Å². The zero-order chi connectivity index (χ0) is 20.1. The molecule has 0 aliphatic carbocycles. The van der Waals surface area contributed by atoms with Crippen LogP contribution in [0, 0.1) is 6.92 Å². The number of aromatic nitrogens is 2. The summed E-state index contributed by atoms with van der Waals surface area (Å²) >= 11 is 0. The Hall–Kier alpha value is -3.68. The number of hydrogen-bond acceptors (Lipinski definition) is 6. The van der Waals surface area contributed by atoms with Crippen LogP contribution in [0.3, 0.4) is 0 Å². The second-order valence-corrected chi connectivity index (χ2v) is 6.18. The van der Waals surface area contributed by atoms with Gasteiger partial charge in [0.05, 0.1) is 0 Å². The molecule has 0 aliphatic rings. The maximum atomic E-state index is 12.2. The molecule has 144 valence electrons. The number of anilines is 1. The van der Waals surface area contributed by atoms with Gasteiger partial charge in [0.25, 0.3) is 5.91 Å². The Morgan fingerprint density at radius 1 is 1.14 bits per heavy atom. The molecule has 1 N–H and O–H groups in total. The van der Waals surface area contributed by atoms with Crippen molar-refractivity contribution in [3.63, 3.8) is 0 Å². The van der Waals surface area contributed by atoms with Crippen LogP contribution in [0.1, 0.15) is 12.5 Å². The molecule has 1 amide bonds. The Bertz CT molecular complexity index is 1020. The zero-order valence-corrected chi connectivity index (χ0v) is 15.4. The number of rotatable bonds is 6. The Morgan fingerprint density at radius 2 is 1.82 bits per heavy atom. The third-order valence-corrected chi connectivity index (χ3v) is 3.90. The van der Waals surface area contributed by atoms with Crippen LogP contribution in [0.4, 0.5) is 5.69 Å². The molecule has 0 unspecified atom stereocenters. The van der Waals surface area contributed by atoms with E-state index in [-0.39, 0.29) is 5.89 Å². The number of ether oxygens (including phenoxy) is 1. The van der Waals surface area contributed by atoms with Gasteiger partial charge in [0, 0.05) is 11.3 Å². The molecule has 0 saturated heterocycles. The van der Waals surface area contributed by atoms with Crippen molar-refractivity contribution >= 4 is 17.6 Å². The van der Waals surface area contributed by atoms with E-state index in [1.54, 1.807) is 36.4 Å². The molecule has 0 radical (unpaired) electrons. The first-order valence-electron chi connectivity index (χ1n) is 8.63. The van der Waals surface area contributed by atoms with Crippen molar-refractivity contribution in [2.24, 2.45) is 0 Å². The lowest BCUT2D eigenvalue weighted by Gasteiger charge is -2.13. The van der Waals surface area contributed by atoms with Crippen molar-refractivity contribution in [1.82, 2.24) is 9.78 Å². The van der Waals surface area contributed by atoms with Crippen LogP contribution in [-0.4, -0.2) is 27.8 Å². The Morgan fingerprint density at radius 3 is 2.50 bits per heavy atom. The van der Waals surface area contributed by atoms with Gasteiger partial charge >= 0.3 is 11.7 Å². The summed E-state index contributed by atoms with van der Waals surface area (Å²) in [6.07, 6.45) is -1.04. The van der Waals surface area contributed by atoms with E-state index in [0.29, 0.717) is 11.3 Å². The normalized spacial score (nSPS) is 11.6. The summed E-state index contributed by atoms with van der Waals surface area (Å²) < 4.78 is 11.0. The molecule has 3 aromatic rings. The van der Waals surface area contributed by atoms with Crippen LogP contribution in [0.5, 0.6) is 0 Å². The molecule has 3 rings (SSSR count). The molecule has 0 bridgehead atoms. The van der Waals surface area contributed by atoms with Crippen molar-refractivity contribution in [1.29, 1.82) is 0 Å². The van der Waals surface area contributed by atoms with Crippen LogP contribution in [0.2, 0.25) is 0 Å². The van der Waals surface area contributed by atoms with E-state index < -0.39 is 30.3 Å². The minimum atomic E-state index is -1.04. The molecule has 28 heavy (non-hydrogen) atoms. The van der Waals surface area contributed by atoms with Gasteiger partial charge in [-0.05, 0) is 38.1 Å². The van der Waals surface area contributed by atoms with Gasteiger partial charge in [-0.25, -0.2) is 4.79 Å². The fraction of sp³-hybridized carbons (Fsp3) is 0.200. The standard InChI is InChI=1S/C20H19N3O5/c1-13-8-10-16(11-9-13)21-18(25)14(2)27-17(24)12-23-20(26)28-19(22-23)15-6-4-3-5-7-15/h3-11,14H,12H2,1-2H3,(H,21,25)/t14-/m0/s1. The van der Waals surface area contributed by atoms with Crippen molar-refractivity contribution in [2.75, 3.05) is 5.32 Å². The molecular weight excluding hydrogens is 362 g/mol. The Kier molecular flexibility index (Phi) is 5.69. The summed E-state index contributed by atoms with van der Waals surface area (Å²) in [5, 5.41) is 6.64. The summed E-state index contributed by atoms with van der Waals surface area (Å²) in [4.78, 5) is 36.1. The topological polar surface area (TPSA) is 103 Å². The predicted octanol–water partition coefficient (Wildman–Crippen LogP) is 2.38. The Labute approximate surface area is 160 Å². The Balaban J connectivity index is 1.59. The highest BCUT2D eigenvalue weighted by atomic mass is 16.5. The molecular formula is C20H19N3O5. The monoisotopic (exact) mass is 381 g/mol. The van der Waals surface area contributed by atoms with E-state index in [1.807, 2.05) is 25.1 Å². The van der Waals surface area contributed by atoms with Crippen LogP contribution in [0.25, 0.3) is 11.5 Å². The first kappa shape index (κ1) is 19.1. The van der Waals surface area contributed by atoms with Gasteiger partial charge < -0.3 is 14.5 Å². The van der Waals surface area contributed by atoms with E-state index in [1.165, 1.54) is 6.92 Å². The van der Waals surface area contributed by atoms with E-state index in [2.05, 4.69) is 10.4 Å². The quantitative estimate of drug-likeness (QED) is 0.658. The smallest absolute Gasteiger partial charge is 0.437 e. The lowest BCUT2D eigenvalue weighted by atomic mass is 10.2. The summed E-state index contributed by atoms with van der Waals surface area (Å²) in [6, 6.07) is 16.0. The summed E-state index contributed by atoms with van der Waals surface area (Å²) in [5.74, 6) is -1.94. The number of nitrogens with zero attached hydrogens (tertiary/aromatic N) is 2. The van der Waals surface area contributed by atoms with Gasteiger partial charge in [-0.2, -0.15) is 4.68 Å². The van der Waals surface area contributed by atoms with Gasteiger partial charge in [-0.3, -0.25) is 9.59 Å². The lowest BCUT2D eigenvalue weighted by Crippen LogP contribution is -2.32. The van der Waals surface area contributed by atoms with Crippen molar-refractivity contribution in [3.8, 4) is 11.5 Å². The minimum Gasteiger partial charge on any atom is -0.451 e. The number of amides is 1. The molecule has 1 aromatic heterocycles. The SMILES string of the molecule is Cc1ccc(NC(=O)[C@H](C)OC(=O)Cn2nc(-c3ccccc3)oc2=O)cc1. The van der Waals surface area contributed by atoms with E-state index in [9.17, 15) is 14.4 Å². The highest BCUT2D eigenvalue weighted by Crippen LogP contribution is 2.14. The van der Waals surface area contributed by atoms with E-state index in [0.717, 1.165) is 10.2 Å². The summed E-state index contributed by atoms with van der Waals surface area (Å²) in [5.41, 5.74) is 2.27. The fourth-order valence-corrected chi connectivity index (χ4v) is 2.39. The predicted molar refractivity (Wildman–Crippen MR) is 102 cm³/mol. The second kappa shape index (κ2) is 8.34. The summed E-state index contributed by atoms with van der Waals surface area (Å²) in [7, 11) is 0. The molecule has 1 heterocycles. The number of esters is 1. The molecule has 2 aromatic carbocycles. The number of aryl methyl sites for hydroxylation is 1. The number of hydrogen-bond donors (Lipinski definition) is 1. The maximum Gasteiger partial charge on any atom is 0.437 e. The maximum absolute atomic E-state index is 12.2. The third-order valence-electron chi connectivity index (χ3n) is 3.90. The lowest BCUT2D eigenvalue weighted by molar-refractivity contribution is -0.154. The van der Waals surface area contributed by atoms with Gasteiger partial charge in [-0.15, -0.1) is 5.10 Å². The molecule has 8 nitrogen and oxygen atoms in total. The first-order valence-corrected chi connectivity index (χ1v) is 8.63. The van der Waals surface area contributed by atoms with Crippen molar-refractivity contribution in [2.45, 2.75) is 26.5 Å². The molecule has 8 heteroatoms. The molecule has 0 aliphatic heterocycles. The third kappa shape index (κ3) is 4.73. The number of carbonyl (C=O) groups excluding carboxylic acids is 2. The fourth-order valence-electron chi connectivity index (χ4n) is 2.39. The van der Waals surface area contributed by atoms with Gasteiger partial charge in [0.15, 0.2) is 6.10 Å². The van der Waals surface area contributed by atoms with Crippen molar-refractivity contribution < 1.29 is 18.7 Å². The zero-order valence-electron chi connectivity index (χ0n) is 15.4.